The summed E-state index contributed by atoms with van der Waals surface area (Å²) >= 11 is 0. The van der Waals surface area contributed by atoms with Crippen molar-refractivity contribution in [3.05, 3.63) is 132 Å². The van der Waals surface area contributed by atoms with Crippen LogP contribution in [0.25, 0.3) is 65.8 Å². The molecule has 0 aliphatic carbocycles. The minimum absolute atomic E-state index is 0.0116. The third-order valence-electron chi connectivity index (χ3n) is 9.00. The minimum atomic E-state index is -0.0116. The normalized spacial score (nSPS) is 12.0. The van der Waals surface area contributed by atoms with Gasteiger partial charge in [0.15, 0.2) is 0 Å². The SMILES string of the molecule is CC(C)(C)c1ccc2c(c1)c1c3ccccc3ccc1n2-c1cc(C=N)c(-n2c3ccccc3c3ccccc32)cc1C#N. The number of nitrogens with zero attached hydrogens (tertiary/aromatic N) is 3. The van der Waals surface area contributed by atoms with E-state index in [1.165, 1.54) is 27.9 Å². The van der Waals surface area contributed by atoms with E-state index in [-0.39, 0.29) is 5.41 Å². The van der Waals surface area contributed by atoms with Gasteiger partial charge in [0.25, 0.3) is 0 Å². The Morgan fingerprint density at radius 3 is 1.86 bits per heavy atom. The molecule has 6 aromatic carbocycles. The van der Waals surface area contributed by atoms with Gasteiger partial charge in [-0.15, -0.1) is 0 Å². The van der Waals surface area contributed by atoms with E-state index in [0.29, 0.717) is 5.56 Å². The Bertz CT molecular complexity index is 2460. The Morgan fingerprint density at radius 2 is 1.20 bits per heavy atom. The van der Waals surface area contributed by atoms with E-state index in [1.807, 2.05) is 24.3 Å². The number of hydrogen-bond donors (Lipinski definition) is 1. The quantitative estimate of drug-likeness (QED) is 0.213. The van der Waals surface area contributed by atoms with Crippen LogP contribution in [0.1, 0.15) is 37.5 Å². The zero-order chi connectivity index (χ0) is 30.2. The van der Waals surface area contributed by atoms with E-state index in [2.05, 4.69) is 127 Å². The monoisotopic (exact) mass is 566 g/mol. The molecule has 44 heavy (non-hydrogen) atoms. The van der Waals surface area contributed by atoms with Crippen LogP contribution < -0.4 is 0 Å². The number of para-hydroxylation sites is 2. The second kappa shape index (κ2) is 9.42. The number of nitriles is 1. The first-order chi connectivity index (χ1) is 21.4. The number of benzene rings is 6. The molecule has 8 aromatic rings. The van der Waals surface area contributed by atoms with Crippen molar-refractivity contribution in [2.75, 3.05) is 0 Å². The Balaban J connectivity index is 1.49. The first-order valence-electron chi connectivity index (χ1n) is 14.9. The molecule has 0 radical (unpaired) electrons. The molecule has 1 N–H and O–H groups in total. The van der Waals surface area contributed by atoms with E-state index < -0.39 is 0 Å². The second-order valence-electron chi connectivity index (χ2n) is 12.6. The Kier molecular flexibility index (Phi) is 5.57. The van der Waals surface area contributed by atoms with Gasteiger partial charge in [0.05, 0.1) is 39.0 Å². The van der Waals surface area contributed by atoms with Gasteiger partial charge in [-0.2, -0.15) is 5.26 Å². The Morgan fingerprint density at radius 1 is 0.614 bits per heavy atom. The van der Waals surface area contributed by atoms with E-state index in [4.69, 9.17) is 5.41 Å². The Hall–Kier alpha value is -5.66. The standard InChI is InChI=1S/C40H30N4/c1-40(2,3)28-17-19-35-32(22-28)39-29-11-5-4-10-25(29)16-18-36(39)44(35)38-21-26(23-41)37(20-27(38)24-42)43-33-14-8-6-12-30(33)31-13-7-9-15-34(31)43/h4-23,41H,1-3H3. The van der Waals surface area contributed by atoms with E-state index in [9.17, 15) is 5.26 Å². The third kappa shape index (κ3) is 3.66. The summed E-state index contributed by atoms with van der Waals surface area (Å²) in [5, 5.41) is 26.2. The zero-order valence-corrected chi connectivity index (χ0v) is 24.9. The molecule has 0 bridgehead atoms. The van der Waals surface area contributed by atoms with Crippen LogP contribution in [-0.2, 0) is 5.41 Å². The molecule has 4 heteroatoms. The second-order valence-corrected chi connectivity index (χ2v) is 12.6. The molecular formula is C40H30N4. The first-order valence-corrected chi connectivity index (χ1v) is 14.9. The molecule has 0 spiro atoms. The highest BCUT2D eigenvalue weighted by atomic mass is 15.0. The van der Waals surface area contributed by atoms with Gasteiger partial charge in [0.2, 0.25) is 0 Å². The van der Waals surface area contributed by atoms with E-state index in [1.54, 1.807) is 0 Å². The molecule has 0 aliphatic heterocycles. The molecule has 0 atom stereocenters. The van der Waals surface area contributed by atoms with Crippen LogP contribution in [0.4, 0.5) is 0 Å². The van der Waals surface area contributed by atoms with Crippen LogP contribution in [0.5, 0.6) is 0 Å². The minimum Gasteiger partial charge on any atom is -0.309 e. The van der Waals surface area contributed by atoms with Crippen molar-refractivity contribution in [1.29, 1.82) is 10.7 Å². The summed E-state index contributed by atoms with van der Waals surface area (Å²) in [6.07, 6.45) is 1.41. The van der Waals surface area contributed by atoms with Crippen molar-refractivity contribution >= 4 is 60.6 Å². The van der Waals surface area contributed by atoms with Gasteiger partial charge in [-0.1, -0.05) is 93.6 Å². The number of rotatable bonds is 3. The summed E-state index contributed by atoms with van der Waals surface area (Å²) in [4.78, 5) is 0. The molecule has 4 nitrogen and oxygen atoms in total. The van der Waals surface area contributed by atoms with Gasteiger partial charge in [0.1, 0.15) is 6.07 Å². The van der Waals surface area contributed by atoms with Crippen LogP contribution in [-0.4, -0.2) is 15.3 Å². The van der Waals surface area contributed by atoms with E-state index in [0.717, 1.165) is 55.2 Å². The van der Waals surface area contributed by atoms with Gasteiger partial charge >= 0.3 is 0 Å². The summed E-state index contributed by atoms with van der Waals surface area (Å²) < 4.78 is 4.40. The molecule has 0 amide bonds. The molecular weight excluding hydrogens is 536 g/mol. The highest BCUT2D eigenvalue weighted by molar-refractivity contribution is 6.21. The zero-order valence-electron chi connectivity index (χ0n) is 24.9. The van der Waals surface area contributed by atoms with E-state index >= 15 is 0 Å². The van der Waals surface area contributed by atoms with Crippen molar-refractivity contribution in [3.8, 4) is 17.4 Å². The third-order valence-corrected chi connectivity index (χ3v) is 9.00. The fraction of sp³-hybridized carbons (Fsp3) is 0.100. The van der Waals surface area contributed by atoms with Gasteiger partial charge in [-0.25, -0.2) is 0 Å². The number of aromatic nitrogens is 2. The number of fused-ring (bicyclic) bond motifs is 8. The summed E-state index contributed by atoms with van der Waals surface area (Å²) in [5.74, 6) is 0. The predicted octanol–water partition coefficient (Wildman–Crippen LogP) is 10.2. The van der Waals surface area contributed by atoms with Crippen molar-refractivity contribution < 1.29 is 0 Å². The lowest BCUT2D eigenvalue weighted by molar-refractivity contribution is 0.591. The van der Waals surface area contributed by atoms with Crippen molar-refractivity contribution in [3.63, 3.8) is 0 Å². The van der Waals surface area contributed by atoms with Crippen LogP contribution >= 0.6 is 0 Å². The van der Waals surface area contributed by atoms with Gasteiger partial charge in [-0.05, 0) is 64.2 Å². The largest absolute Gasteiger partial charge is 0.309 e. The highest BCUT2D eigenvalue weighted by Crippen LogP contribution is 2.41. The molecule has 0 fully saturated rings. The fourth-order valence-corrected chi connectivity index (χ4v) is 6.88. The van der Waals surface area contributed by atoms with Crippen molar-refractivity contribution in [2.45, 2.75) is 26.2 Å². The lowest BCUT2D eigenvalue weighted by Crippen LogP contribution is -2.10. The number of hydrogen-bond acceptors (Lipinski definition) is 2. The molecule has 0 saturated heterocycles. The van der Waals surface area contributed by atoms with Gasteiger partial charge < -0.3 is 14.5 Å². The van der Waals surface area contributed by atoms with Crippen molar-refractivity contribution in [2.24, 2.45) is 0 Å². The molecule has 210 valence electrons. The molecule has 0 unspecified atom stereocenters. The molecule has 0 aliphatic rings. The maximum Gasteiger partial charge on any atom is 0.101 e. The maximum atomic E-state index is 10.7. The summed E-state index contributed by atoms with van der Waals surface area (Å²) in [6.45, 7) is 6.72. The highest BCUT2D eigenvalue weighted by Gasteiger charge is 2.22. The van der Waals surface area contributed by atoms with Gasteiger partial charge in [-0.3, -0.25) is 0 Å². The van der Waals surface area contributed by atoms with Crippen LogP contribution in [0, 0.1) is 16.7 Å². The average molecular weight is 567 g/mol. The average Bonchev–Trinajstić information content (AvgIpc) is 3.56. The predicted molar refractivity (Wildman–Crippen MR) is 184 cm³/mol. The van der Waals surface area contributed by atoms with Crippen molar-refractivity contribution in [1.82, 2.24) is 9.13 Å². The Labute approximate surface area is 255 Å². The first kappa shape index (κ1) is 26.0. The fourth-order valence-electron chi connectivity index (χ4n) is 6.88. The smallest absolute Gasteiger partial charge is 0.101 e. The topological polar surface area (TPSA) is 57.5 Å². The van der Waals surface area contributed by atoms with Crippen LogP contribution in [0.2, 0.25) is 0 Å². The van der Waals surface area contributed by atoms with Crippen LogP contribution in [0.15, 0.2) is 115 Å². The summed E-state index contributed by atoms with van der Waals surface area (Å²) in [6, 6.07) is 42.7. The molecule has 2 aromatic heterocycles. The molecule has 2 heterocycles. The summed E-state index contributed by atoms with van der Waals surface area (Å²) in [5.41, 5.74) is 8.32. The maximum absolute atomic E-state index is 10.7. The molecule has 8 rings (SSSR count). The number of nitrogens with one attached hydrogen (secondary N) is 1. The van der Waals surface area contributed by atoms with Crippen LogP contribution in [0.3, 0.4) is 0 Å². The summed E-state index contributed by atoms with van der Waals surface area (Å²) in [7, 11) is 0. The lowest BCUT2D eigenvalue weighted by atomic mass is 9.86. The lowest BCUT2D eigenvalue weighted by Gasteiger charge is -2.19. The molecule has 0 saturated carbocycles. The van der Waals surface area contributed by atoms with Gasteiger partial charge in [0, 0.05) is 33.3 Å².